The monoisotopic (exact) mass is 310 g/mol. The van der Waals surface area contributed by atoms with Gasteiger partial charge in [0.2, 0.25) is 0 Å². The van der Waals surface area contributed by atoms with Gasteiger partial charge in [-0.05, 0) is 52.6 Å². The first-order valence-electron chi connectivity index (χ1n) is 8.10. The van der Waals surface area contributed by atoms with Gasteiger partial charge in [0, 0.05) is 5.56 Å². The van der Waals surface area contributed by atoms with Gasteiger partial charge in [0.15, 0.2) is 0 Å². The fourth-order valence-corrected chi connectivity index (χ4v) is 3.05. The summed E-state index contributed by atoms with van der Waals surface area (Å²) >= 11 is 0. The van der Waals surface area contributed by atoms with Crippen LogP contribution in [0.5, 0.6) is 5.75 Å². The molecule has 0 atom stereocenters. The summed E-state index contributed by atoms with van der Waals surface area (Å²) in [6.07, 6.45) is 0. The highest BCUT2D eigenvalue weighted by molar-refractivity contribution is 5.89. The summed E-state index contributed by atoms with van der Waals surface area (Å²) in [6.45, 7) is 2.08. The number of aromatic hydroxyl groups is 1. The summed E-state index contributed by atoms with van der Waals surface area (Å²) in [4.78, 5) is 0. The molecule has 0 aromatic heterocycles. The van der Waals surface area contributed by atoms with Crippen molar-refractivity contribution in [1.82, 2.24) is 0 Å². The lowest BCUT2D eigenvalue weighted by Crippen LogP contribution is -1.84. The second-order valence-electron chi connectivity index (χ2n) is 6.16. The lowest BCUT2D eigenvalue weighted by Gasteiger charge is -2.10. The maximum Gasteiger partial charge on any atom is 0.123 e. The third-order valence-corrected chi connectivity index (χ3v) is 4.44. The van der Waals surface area contributed by atoms with E-state index in [4.69, 9.17) is 0 Å². The lowest BCUT2D eigenvalue weighted by atomic mass is 9.96. The fourth-order valence-electron chi connectivity index (χ4n) is 3.05. The van der Waals surface area contributed by atoms with Gasteiger partial charge in [0.1, 0.15) is 5.75 Å². The number of rotatable bonds is 2. The Balaban J connectivity index is 1.84. The van der Waals surface area contributed by atoms with Crippen molar-refractivity contribution in [2.75, 3.05) is 0 Å². The van der Waals surface area contributed by atoms with Crippen molar-refractivity contribution in [2.24, 2.45) is 0 Å². The normalized spacial score (nSPS) is 10.9. The molecular weight excluding hydrogens is 292 g/mol. The molecule has 116 valence electrons. The second kappa shape index (κ2) is 5.86. The molecular formula is C23H18O. The van der Waals surface area contributed by atoms with Crippen LogP contribution in [0.1, 0.15) is 5.56 Å². The average molecular weight is 310 g/mol. The molecule has 4 aromatic rings. The molecule has 0 unspecified atom stereocenters. The smallest absolute Gasteiger partial charge is 0.123 e. The molecule has 0 amide bonds. The third kappa shape index (κ3) is 2.65. The van der Waals surface area contributed by atoms with Gasteiger partial charge in [-0.25, -0.2) is 0 Å². The third-order valence-electron chi connectivity index (χ3n) is 4.44. The summed E-state index contributed by atoms with van der Waals surface area (Å²) in [7, 11) is 0. The van der Waals surface area contributed by atoms with Crippen LogP contribution in [0.3, 0.4) is 0 Å². The average Bonchev–Trinajstić information content (AvgIpc) is 2.62. The van der Waals surface area contributed by atoms with E-state index >= 15 is 0 Å². The van der Waals surface area contributed by atoms with Crippen LogP contribution in [0, 0.1) is 6.92 Å². The number of phenolic OH excluding ortho intramolecular Hbond substituents is 1. The van der Waals surface area contributed by atoms with Crippen molar-refractivity contribution in [3.63, 3.8) is 0 Å². The summed E-state index contributed by atoms with van der Waals surface area (Å²) < 4.78 is 0. The van der Waals surface area contributed by atoms with Gasteiger partial charge in [-0.15, -0.1) is 0 Å². The standard InChI is InChI=1S/C23H18O/c1-16-6-8-18(9-7-16)20-12-13-23(24)22(15-20)21-11-10-17-4-2-3-5-19(17)14-21/h2-15,24H,1H3. The largest absolute Gasteiger partial charge is 0.507 e. The van der Waals surface area contributed by atoms with Crippen LogP contribution in [-0.2, 0) is 0 Å². The molecule has 1 heteroatoms. The van der Waals surface area contributed by atoms with Crippen molar-refractivity contribution < 1.29 is 5.11 Å². The Morgan fingerprint density at radius 3 is 2.04 bits per heavy atom. The van der Waals surface area contributed by atoms with Gasteiger partial charge in [-0.3, -0.25) is 0 Å². The van der Waals surface area contributed by atoms with Gasteiger partial charge in [-0.2, -0.15) is 0 Å². The number of phenols is 1. The highest BCUT2D eigenvalue weighted by Gasteiger charge is 2.08. The Morgan fingerprint density at radius 2 is 1.25 bits per heavy atom. The van der Waals surface area contributed by atoms with E-state index in [9.17, 15) is 5.11 Å². The molecule has 0 saturated heterocycles. The van der Waals surface area contributed by atoms with Gasteiger partial charge in [-0.1, -0.05) is 72.3 Å². The van der Waals surface area contributed by atoms with Gasteiger partial charge in [0.05, 0.1) is 0 Å². The van der Waals surface area contributed by atoms with Crippen LogP contribution in [0.15, 0.2) is 84.9 Å². The molecule has 0 fully saturated rings. The van der Waals surface area contributed by atoms with Crippen LogP contribution < -0.4 is 0 Å². The van der Waals surface area contributed by atoms with E-state index in [1.165, 1.54) is 16.3 Å². The highest BCUT2D eigenvalue weighted by Crippen LogP contribution is 2.35. The van der Waals surface area contributed by atoms with Crippen LogP contribution in [-0.4, -0.2) is 5.11 Å². The lowest BCUT2D eigenvalue weighted by molar-refractivity contribution is 0.477. The van der Waals surface area contributed by atoms with Crippen molar-refractivity contribution in [2.45, 2.75) is 6.92 Å². The molecule has 1 nitrogen and oxygen atoms in total. The number of hydrogen-bond acceptors (Lipinski definition) is 1. The van der Waals surface area contributed by atoms with E-state index in [0.717, 1.165) is 22.3 Å². The topological polar surface area (TPSA) is 20.2 Å². The first-order valence-corrected chi connectivity index (χ1v) is 8.10. The zero-order valence-corrected chi connectivity index (χ0v) is 13.5. The molecule has 0 bridgehead atoms. The highest BCUT2D eigenvalue weighted by atomic mass is 16.3. The van der Waals surface area contributed by atoms with Crippen molar-refractivity contribution in [3.8, 4) is 28.0 Å². The molecule has 0 aliphatic carbocycles. The molecule has 0 heterocycles. The minimum absolute atomic E-state index is 0.307. The summed E-state index contributed by atoms with van der Waals surface area (Å²) in [5.41, 5.74) is 5.39. The molecule has 0 saturated carbocycles. The fraction of sp³-hybridized carbons (Fsp3) is 0.0435. The van der Waals surface area contributed by atoms with Gasteiger partial charge < -0.3 is 5.11 Å². The number of aryl methyl sites for hydroxylation is 1. The minimum atomic E-state index is 0.307. The van der Waals surface area contributed by atoms with E-state index < -0.39 is 0 Å². The number of benzene rings is 4. The Hall–Kier alpha value is -3.06. The van der Waals surface area contributed by atoms with E-state index in [2.05, 4.69) is 67.6 Å². The molecule has 0 radical (unpaired) electrons. The zero-order valence-electron chi connectivity index (χ0n) is 13.5. The van der Waals surface area contributed by atoms with Gasteiger partial charge in [0.25, 0.3) is 0 Å². The molecule has 4 aromatic carbocycles. The number of hydrogen-bond donors (Lipinski definition) is 1. The molecule has 4 rings (SSSR count). The van der Waals surface area contributed by atoms with Crippen molar-refractivity contribution in [3.05, 3.63) is 90.5 Å². The minimum Gasteiger partial charge on any atom is -0.507 e. The Morgan fingerprint density at radius 1 is 0.583 bits per heavy atom. The predicted molar refractivity (Wildman–Crippen MR) is 101 cm³/mol. The van der Waals surface area contributed by atoms with E-state index in [1.54, 1.807) is 6.07 Å². The second-order valence-corrected chi connectivity index (χ2v) is 6.16. The maximum absolute atomic E-state index is 10.4. The molecule has 24 heavy (non-hydrogen) atoms. The van der Waals surface area contributed by atoms with Crippen molar-refractivity contribution >= 4 is 10.8 Å². The van der Waals surface area contributed by atoms with Gasteiger partial charge >= 0.3 is 0 Å². The quantitative estimate of drug-likeness (QED) is 0.468. The first kappa shape index (κ1) is 14.5. The Kier molecular flexibility index (Phi) is 3.55. The Bertz CT molecular complexity index is 1010. The molecule has 0 aliphatic rings. The van der Waals surface area contributed by atoms with Crippen molar-refractivity contribution in [1.29, 1.82) is 0 Å². The van der Waals surface area contributed by atoms with Crippen LogP contribution in [0.4, 0.5) is 0 Å². The van der Waals surface area contributed by atoms with E-state index in [0.29, 0.717) is 5.75 Å². The first-order chi connectivity index (χ1) is 11.7. The van der Waals surface area contributed by atoms with Crippen LogP contribution >= 0.6 is 0 Å². The summed E-state index contributed by atoms with van der Waals surface area (Å²) in [6, 6.07) is 28.8. The molecule has 0 aliphatic heterocycles. The zero-order chi connectivity index (χ0) is 16.5. The number of fused-ring (bicyclic) bond motifs is 1. The Labute approximate surface area is 141 Å². The maximum atomic E-state index is 10.4. The van der Waals surface area contributed by atoms with E-state index in [1.807, 2.05) is 18.2 Å². The van der Waals surface area contributed by atoms with Crippen LogP contribution in [0.2, 0.25) is 0 Å². The summed E-state index contributed by atoms with van der Waals surface area (Å²) in [5.74, 6) is 0.307. The summed E-state index contributed by atoms with van der Waals surface area (Å²) in [5, 5.41) is 12.7. The molecule has 0 spiro atoms. The van der Waals surface area contributed by atoms with Crippen LogP contribution in [0.25, 0.3) is 33.0 Å². The van der Waals surface area contributed by atoms with E-state index in [-0.39, 0.29) is 0 Å². The SMILES string of the molecule is Cc1ccc(-c2ccc(O)c(-c3ccc4ccccc4c3)c2)cc1. The molecule has 1 N–H and O–H groups in total. The predicted octanol–water partition coefficient (Wildman–Crippen LogP) is 6.19.